The van der Waals surface area contributed by atoms with Crippen molar-refractivity contribution in [1.82, 2.24) is 24.8 Å². The molecule has 1 aliphatic heterocycles. The summed E-state index contributed by atoms with van der Waals surface area (Å²) in [6, 6.07) is 25.5. The minimum absolute atomic E-state index is 0.142. The number of piperazine rings is 1. The van der Waals surface area contributed by atoms with E-state index >= 15 is 0 Å². The molecular formula is C31H34N6. The van der Waals surface area contributed by atoms with E-state index in [4.69, 9.17) is 9.97 Å². The molecule has 3 heterocycles. The van der Waals surface area contributed by atoms with Crippen LogP contribution in [0.2, 0.25) is 0 Å². The van der Waals surface area contributed by atoms with Gasteiger partial charge in [0.15, 0.2) is 0 Å². The zero-order valence-electron chi connectivity index (χ0n) is 21.8. The van der Waals surface area contributed by atoms with E-state index in [1.54, 1.807) is 0 Å². The number of benzene rings is 3. The molecule has 37 heavy (non-hydrogen) atoms. The maximum atomic E-state index is 5.04. The molecule has 2 N–H and O–H groups in total. The van der Waals surface area contributed by atoms with Crippen molar-refractivity contribution in [2.24, 2.45) is 0 Å². The zero-order chi connectivity index (χ0) is 25.4. The smallest absolute Gasteiger partial charge is 0.138 e. The van der Waals surface area contributed by atoms with Crippen molar-refractivity contribution in [3.63, 3.8) is 0 Å². The first-order valence-electron chi connectivity index (χ1n) is 13.1. The van der Waals surface area contributed by atoms with Crippen LogP contribution in [-0.2, 0) is 12.0 Å². The molecule has 3 aromatic carbocycles. The average molecular weight is 491 g/mol. The molecule has 2 aromatic heterocycles. The molecule has 6 rings (SSSR count). The molecule has 0 spiro atoms. The molecule has 1 fully saturated rings. The molecule has 0 radical (unpaired) electrons. The molecule has 0 aliphatic carbocycles. The summed E-state index contributed by atoms with van der Waals surface area (Å²) in [5.74, 6) is 1.86. The maximum absolute atomic E-state index is 5.04. The Kier molecular flexibility index (Phi) is 6.05. The van der Waals surface area contributed by atoms with Gasteiger partial charge >= 0.3 is 0 Å². The summed E-state index contributed by atoms with van der Waals surface area (Å²) in [6.07, 6.45) is 2.04. The zero-order valence-corrected chi connectivity index (χ0v) is 21.8. The lowest BCUT2D eigenvalue weighted by atomic mass is 9.87. The number of hydrogen-bond acceptors (Lipinski definition) is 4. The van der Waals surface area contributed by atoms with E-state index in [1.165, 1.54) is 11.3 Å². The molecule has 0 atom stereocenters. The Morgan fingerprint density at radius 1 is 0.757 bits per heavy atom. The highest BCUT2D eigenvalue weighted by Crippen LogP contribution is 2.30. The summed E-state index contributed by atoms with van der Waals surface area (Å²) in [5, 5.41) is 0. The van der Waals surface area contributed by atoms with Crippen LogP contribution in [0.4, 0.5) is 5.69 Å². The van der Waals surface area contributed by atoms with E-state index < -0.39 is 0 Å². The molecule has 0 unspecified atom stereocenters. The maximum Gasteiger partial charge on any atom is 0.138 e. The van der Waals surface area contributed by atoms with Gasteiger partial charge in [0.1, 0.15) is 17.2 Å². The highest BCUT2D eigenvalue weighted by molar-refractivity contribution is 5.91. The lowest BCUT2D eigenvalue weighted by molar-refractivity contribution is 0.247. The van der Waals surface area contributed by atoms with E-state index in [0.717, 1.165) is 72.2 Å². The second-order valence-electron chi connectivity index (χ2n) is 11.0. The van der Waals surface area contributed by atoms with Gasteiger partial charge in [-0.2, -0.15) is 0 Å². The van der Waals surface area contributed by atoms with Crippen molar-refractivity contribution < 1.29 is 0 Å². The van der Waals surface area contributed by atoms with E-state index in [0.29, 0.717) is 0 Å². The van der Waals surface area contributed by atoms with Gasteiger partial charge in [-0.1, -0.05) is 81.4 Å². The number of nitrogens with one attached hydrogen (secondary N) is 2. The fourth-order valence-electron chi connectivity index (χ4n) is 5.10. The van der Waals surface area contributed by atoms with Crippen molar-refractivity contribution >= 4 is 16.7 Å². The lowest BCUT2D eigenvalue weighted by Crippen LogP contribution is -2.46. The monoisotopic (exact) mass is 490 g/mol. The predicted octanol–water partition coefficient (Wildman–Crippen LogP) is 6.24. The lowest BCUT2D eigenvalue weighted by Gasteiger charge is -2.35. The van der Waals surface area contributed by atoms with Gasteiger partial charge in [-0.3, -0.25) is 4.90 Å². The van der Waals surface area contributed by atoms with Gasteiger partial charge in [0, 0.05) is 50.0 Å². The number of hydrogen-bond donors (Lipinski definition) is 2. The molecule has 0 saturated carbocycles. The van der Waals surface area contributed by atoms with Gasteiger partial charge in [-0.15, -0.1) is 0 Å². The Balaban J connectivity index is 1.14. The van der Waals surface area contributed by atoms with Gasteiger partial charge in [-0.25, -0.2) is 9.97 Å². The SMILES string of the molecule is CC(C)(C)c1ccc(-c2nc3c(N4CCN(Cc5c[nH]c(-c6ccccc6)n5)CC4)cccc3[nH]2)cc1. The first-order valence-corrected chi connectivity index (χ1v) is 13.1. The van der Waals surface area contributed by atoms with Crippen LogP contribution in [0, 0.1) is 0 Å². The average Bonchev–Trinajstić information content (AvgIpc) is 3.57. The first kappa shape index (κ1) is 23.5. The van der Waals surface area contributed by atoms with Crippen molar-refractivity contribution in [3.05, 3.63) is 90.3 Å². The summed E-state index contributed by atoms with van der Waals surface area (Å²) in [4.78, 5) is 21.7. The summed E-state index contributed by atoms with van der Waals surface area (Å²) >= 11 is 0. The molecule has 6 heteroatoms. The summed E-state index contributed by atoms with van der Waals surface area (Å²) in [5.41, 5.74) is 8.13. The van der Waals surface area contributed by atoms with E-state index in [1.807, 2.05) is 24.4 Å². The van der Waals surface area contributed by atoms with Crippen LogP contribution in [0.3, 0.4) is 0 Å². The number of aromatic amines is 2. The molecule has 188 valence electrons. The van der Waals surface area contributed by atoms with Gasteiger partial charge in [0.25, 0.3) is 0 Å². The minimum atomic E-state index is 0.142. The number of aromatic nitrogens is 4. The van der Waals surface area contributed by atoms with Crippen molar-refractivity contribution in [2.75, 3.05) is 31.1 Å². The van der Waals surface area contributed by atoms with Crippen LogP contribution in [0.15, 0.2) is 79.0 Å². The molecule has 0 amide bonds. The second-order valence-corrected chi connectivity index (χ2v) is 11.0. The summed E-state index contributed by atoms with van der Waals surface area (Å²) in [6.45, 7) is 11.5. The molecule has 1 aliphatic rings. The van der Waals surface area contributed by atoms with Crippen LogP contribution in [0.25, 0.3) is 33.8 Å². The molecule has 5 aromatic rings. The van der Waals surface area contributed by atoms with Gasteiger partial charge in [0.2, 0.25) is 0 Å². The van der Waals surface area contributed by atoms with Crippen LogP contribution in [0.1, 0.15) is 32.0 Å². The van der Waals surface area contributed by atoms with Crippen LogP contribution in [0.5, 0.6) is 0 Å². The Morgan fingerprint density at radius 3 is 2.22 bits per heavy atom. The number of fused-ring (bicyclic) bond motifs is 1. The van der Waals surface area contributed by atoms with Crippen LogP contribution >= 0.6 is 0 Å². The number of H-pyrrole nitrogens is 2. The number of para-hydroxylation sites is 1. The van der Waals surface area contributed by atoms with Crippen molar-refractivity contribution in [1.29, 1.82) is 0 Å². The first-order chi connectivity index (χ1) is 17.9. The van der Waals surface area contributed by atoms with Gasteiger partial charge < -0.3 is 14.9 Å². The van der Waals surface area contributed by atoms with Gasteiger partial charge in [0.05, 0.1) is 16.9 Å². The highest BCUT2D eigenvalue weighted by Gasteiger charge is 2.21. The quantitative estimate of drug-likeness (QED) is 0.306. The van der Waals surface area contributed by atoms with Crippen LogP contribution in [-0.4, -0.2) is 51.0 Å². The second kappa shape index (κ2) is 9.52. The third-order valence-corrected chi connectivity index (χ3v) is 7.29. The normalized spacial score (nSPS) is 14.9. The van der Waals surface area contributed by atoms with Crippen LogP contribution < -0.4 is 4.90 Å². The fraction of sp³-hybridized carbons (Fsp3) is 0.290. The standard InChI is InChI=1S/C31H34N6/c1-31(2,3)24-14-12-23(13-15-24)30-34-26-10-7-11-27(28(26)35-30)37-18-16-36(17-19-37)21-25-20-32-29(33-25)22-8-5-4-6-9-22/h4-15,20H,16-19,21H2,1-3H3,(H,32,33)(H,34,35). The highest BCUT2D eigenvalue weighted by atomic mass is 15.3. The fourth-order valence-corrected chi connectivity index (χ4v) is 5.10. The number of anilines is 1. The molecule has 1 saturated heterocycles. The number of rotatable bonds is 5. The Hall–Kier alpha value is -3.90. The van der Waals surface area contributed by atoms with Crippen molar-refractivity contribution in [3.8, 4) is 22.8 Å². The summed E-state index contributed by atoms with van der Waals surface area (Å²) < 4.78 is 0. The van der Waals surface area contributed by atoms with E-state index in [-0.39, 0.29) is 5.41 Å². The topological polar surface area (TPSA) is 63.8 Å². The van der Waals surface area contributed by atoms with E-state index in [2.05, 4.69) is 95.1 Å². The predicted molar refractivity (Wildman–Crippen MR) is 152 cm³/mol. The van der Waals surface area contributed by atoms with E-state index in [9.17, 15) is 0 Å². The largest absolute Gasteiger partial charge is 0.367 e. The Morgan fingerprint density at radius 2 is 1.49 bits per heavy atom. The minimum Gasteiger partial charge on any atom is -0.367 e. The Labute approximate surface area is 218 Å². The molecule has 6 nitrogen and oxygen atoms in total. The number of imidazole rings is 2. The third-order valence-electron chi connectivity index (χ3n) is 7.29. The van der Waals surface area contributed by atoms with Crippen molar-refractivity contribution in [2.45, 2.75) is 32.7 Å². The third kappa shape index (κ3) is 4.89. The van der Waals surface area contributed by atoms with Gasteiger partial charge in [-0.05, 0) is 23.1 Å². The number of nitrogens with zero attached hydrogens (tertiary/aromatic N) is 4. The summed E-state index contributed by atoms with van der Waals surface area (Å²) in [7, 11) is 0. The Bertz CT molecular complexity index is 1480. The molecule has 0 bridgehead atoms. The molecular weight excluding hydrogens is 456 g/mol.